The molecule has 3 atom stereocenters. The Labute approximate surface area is 188 Å². The highest BCUT2D eigenvalue weighted by Gasteiger charge is 2.56. The third-order valence-electron chi connectivity index (χ3n) is 6.72. The summed E-state index contributed by atoms with van der Waals surface area (Å²) in [6.45, 7) is 4.82. The molecule has 170 valence electrons. The van der Waals surface area contributed by atoms with Crippen molar-refractivity contribution in [3.63, 3.8) is 0 Å². The third kappa shape index (κ3) is 3.29. The summed E-state index contributed by atoms with van der Waals surface area (Å²) in [7, 11) is 0. The summed E-state index contributed by atoms with van der Waals surface area (Å²) < 4.78 is 26.4. The fraction of sp³-hybridized carbons (Fsp3) is 0.348. The number of benzene rings is 1. The first-order chi connectivity index (χ1) is 16.0. The number of nitrogens with two attached hydrogens (primary N) is 1. The van der Waals surface area contributed by atoms with Crippen molar-refractivity contribution in [1.29, 1.82) is 0 Å². The Kier molecular flexibility index (Phi) is 4.51. The highest BCUT2D eigenvalue weighted by molar-refractivity contribution is 5.99. The normalized spacial score (nSPS) is 22.7. The van der Waals surface area contributed by atoms with Crippen LogP contribution in [0.3, 0.4) is 0 Å². The molecule has 0 radical (unpaired) electrons. The van der Waals surface area contributed by atoms with Gasteiger partial charge in [-0.25, -0.2) is 19.2 Å². The van der Waals surface area contributed by atoms with Crippen LogP contribution in [0.5, 0.6) is 5.88 Å². The lowest BCUT2D eigenvalue weighted by Gasteiger charge is -2.22. The van der Waals surface area contributed by atoms with Crippen LogP contribution in [0.15, 0.2) is 24.5 Å². The number of anilines is 3. The van der Waals surface area contributed by atoms with E-state index in [0.717, 1.165) is 24.3 Å². The van der Waals surface area contributed by atoms with Gasteiger partial charge < -0.3 is 25.8 Å². The van der Waals surface area contributed by atoms with E-state index in [4.69, 9.17) is 15.2 Å². The van der Waals surface area contributed by atoms with Gasteiger partial charge in [0.2, 0.25) is 5.88 Å². The number of amides is 1. The average molecular weight is 450 g/mol. The summed E-state index contributed by atoms with van der Waals surface area (Å²) in [6.07, 6.45) is 2.46. The second-order valence-electron chi connectivity index (χ2n) is 8.68. The number of nitrogens with one attached hydrogen (secondary N) is 3. The maximum absolute atomic E-state index is 15.3. The number of aromatic nitrogens is 2. The number of piperidine rings is 1. The summed E-state index contributed by atoms with van der Waals surface area (Å²) >= 11 is 0. The second-order valence-corrected chi connectivity index (χ2v) is 8.68. The minimum atomic E-state index is -0.544. The van der Waals surface area contributed by atoms with Gasteiger partial charge in [-0.15, -0.1) is 0 Å². The molecule has 10 heteroatoms. The molecule has 4 heterocycles. The molecule has 2 fully saturated rings. The minimum absolute atomic E-state index is 0.0104. The van der Waals surface area contributed by atoms with Crippen molar-refractivity contribution in [1.82, 2.24) is 15.3 Å². The second kappa shape index (κ2) is 7.45. The monoisotopic (exact) mass is 450 g/mol. The Morgan fingerprint density at radius 3 is 2.88 bits per heavy atom. The Morgan fingerprint density at radius 2 is 2.06 bits per heavy atom. The summed E-state index contributed by atoms with van der Waals surface area (Å²) in [5.74, 6) is 1.07. The first-order valence-electron chi connectivity index (χ1n) is 10.9. The molecular formula is C23H23FN6O3. The number of pyridine rings is 2. The highest BCUT2D eigenvalue weighted by atomic mass is 19.1. The molecule has 1 aliphatic carbocycles. The number of nitrogen functional groups attached to an aromatic ring is 1. The van der Waals surface area contributed by atoms with Gasteiger partial charge in [0.05, 0.1) is 5.69 Å². The minimum Gasteiger partial charge on any atom is -0.474 e. The average Bonchev–Trinajstić information content (AvgIpc) is 3.22. The van der Waals surface area contributed by atoms with Crippen LogP contribution in [-0.4, -0.2) is 48.4 Å². The number of hydrogen-bond donors (Lipinski definition) is 4. The van der Waals surface area contributed by atoms with Gasteiger partial charge in [-0.3, -0.25) is 5.32 Å². The molecule has 2 aromatic heterocycles. The van der Waals surface area contributed by atoms with Gasteiger partial charge in [0.25, 0.3) is 0 Å². The van der Waals surface area contributed by atoms with Crippen LogP contribution in [0.25, 0.3) is 21.9 Å². The van der Waals surface area contributed by atoms with Crippen LogP contribution in [0.1, 0.15) is 5.56 Å². The zero-order chi connectivity index (χ0) is 22.7. The number of hydrogen-bond acceptors (Lipinski definition) is 8. The van der Waals surface area contributed by atoms with E-state index in [9.17, 15) is 4.79 Å². The molecule has 0 unspecified atom stereocenters. The highest BCUT2D eigenvalue weighted by Crippen LogP contribution is 2.44. The van der Waals surface area contributed by atoms with E-state index in [1.165, 1.54) is 6.20 Å². The number of halogens is 1. The molecule has 33 heavy (non-hydrogen) atoms. The Balaban J connectivity index is 1.32. The van der Waals surface area contributed by atoms with Gasteiger partial charge >= 0.3 is 6.09 Å². The van der Waals surface area contributed by atoms with E-state index in [0.29, 0.717) is 58.6 Å². The third-order valence-corrected chi connectivity index (χ3v) is 6.72. The van der Waals surface area contributed by atoms with Gasteiger partial charge in [-0.2, -0.15) is 0 Å². The first-order valence-corrected chi connectivity index (χ1v) is 10.9. The molecular weight excluding hydrogens is 427 g/mol. The molecule has 0 bridgehead atoms. The summed E-state index contributed by atoms with van der Waals surface area (Å²) in [6, 6.07) is 3.35. The SMILES string of the molecule is Cc1c(-c2cc3cc(NC(=O)O[C@H]4[C@@H]5CNC[C@@H]54)ncc3c(N)c2F)cnc2c1NCCO2. The lowest BCUT2D eigenvalue weighted by Crippen LogP contribution is -2.23. The zero-order valence-corrected chi connectivity index (χ0v) is 17.9. The zero-order valence-electron chi connectivity index (χ0n) is 17.9. The molecule has 2 aliphatic heterocycles. The summed E-state index contributed by atoms with van der Waals surface area (Å²) in [5, 5.41) is 10.3. The van der Waals surface area contributed by atoms with Gasteiger partial charge in [-0.05, 0) is 30.0 Å². The van der Waals surface area contributed by atoms with E-state index in [2.05, 4.69) is 25.9 Å². The van der Waals surface area contributed by atoms with Gasteiger partial charge in [-0.1, -0.05) is 0 Å². The quantitative estimate of drug-likeness (QED) is 0.449. The summed E-state index contributed by atoms with van der Waals surface area (Å²) in [4.78, 5) is 20.9. The molecule has 3 aliphatic rings. The van der Waals surface area contributed by atoms with Crippen molar-refractivity contribution in [3.05, 3.63) is 35.9 Å². The number of rotatable bonds is 3. The largest absolute Gasteiger partial charge is 0.474 e. The van der Waals surface area contributed by atoms with E-state index in [-0.39, 0.29) is 11.8 Å². The fourth-order valence-corrected chi connectivity index (χ4v) is 4.85. The van der Waals surface area contributed by atoms with Crippen molar-refractivity contribution >= 4 is 34.1 Å². The summed E-state index contributed by atoms with van der Waals surface area (Å²) in [5.41, 5.74) is 8.61. The molecule has 1 aromatic carbocycles. The van der Waals surface area contributed by atoms with Crippen LogP contribution < -0.4 is 26.4 Å². The predicted molar refractivity (Wildman–Crippen MR) is 122 cm³/mol. The van der Waals surface area contributed by atoms with Gasteiger partial charge in [0.15, 0.2) is 5.82 Å². The Bertz CT molecular complexity index is 1290. The van der Waals surface area contributed by atoms with Gasteiger partial charge in [0.1, 0.15) is 24.2 Å². The van der Waals surface area contributed by atoms with E-state index in [1.807, 2.05) is 6.92 Å². The van der Waals surface area contributed by atoms with E-state index < -0.39 is 11.9 Å². The van der Waals surface area contributed by atoms with Crippen LogP contribution in [0.4, 0.5) is 26.4 Å². The van der Waals surface area contributed by atoms with E-state index in [1.54, 1.807) is 18.3 Å². The first kappa shape index (κ1) is 20.0. The Morgan fingerprint density at radius 1 is 1.24 bits per heavy atom. The fourth-order valence-electron chi connectivity index (χ4n) is 4.85. The van der Waals surface area contributed by atoms with Crippen molar-refractivity contribution in [2.75, 3.05) is 42.6 Å². The van der Waals surface area contributed by atoms with Crippen LogP contribution in [-0.2, 0) is 4.74 Å². The van der Waals surface area contributed by atoms with Crippen molar-refractivity contribution < 1.29 is 18.7 Å². The van der Waals surface area contributed by atoms with Crippen molar-refractivity contribution in [2.45, 2.75) is 13.0 Å². The van der Waals surface area contributed by atoms with Crippen LogP contribution in [0, 0.1) is 24.6 Å². The smallest absolute Gasteiger partial charge is 0.413 e. The lowest BCUT2D eigenvalue weighted by atomic mass is 9.97. The number of carbonyl (C=O) groups excluding carboxylic acids is 1. The molecule has 9 nitrogen and oxygen atoms in total. The standard InChI is InChI=1S/C23H23FN6O3/c1-10-13(8-29-22-20(10)27-2-3-32-22)12-4-11-5-17(28-9-14(11)19(25)18(12)24)30-23(31)33-21-15-6-26-7-16(15)21/h4-5,8-9,15-16,21,26-27H,2-3,6-7,25H2,1H3,(H,28,30,31)/t15-,16+,21+. The molecule has 1 amide bonds. The van der Waals surface area contributed by atoms with Gasteiger partial charge in [0, 0.05) is 60.4 Å². The van der Waals surface area contributed by atoms with E-state index >= 15 is 4.39 Å². The maximum atomic E-state index is 15.3. The van der Waals surface area contributed by atoms with Crippen LogP contribution in [0.2, 0.25) is 0 Å². The molecule has 5 N–H and O–H groups in total. The Hall–Kier alpha value is -3.66. The maximum Gasteiger partial charge on any atom is 0.413 e. The van der Waals surface area contributed by atoms with Crippen molar-refractivity contribution in [2.24, 2.45) is 11.8 Å². The number of nitrogens with zero attached hydrogens (tertiary/aromatic N) is 2. The lowest BCUT2D eigenvalue weighted by molar-refractivity contribution is 0.140. The molecule has 1 saturated heterocycles. The van der Waals surface area contributed by atoms with Crippen molar-refractivity contribution in [3.8, 4) is 17.0 Å². The number of carbonyl (C=O) groups is 1. The van der Waals surface area contributed by atoms with Crippen LogP contribution >= 0.6 is 0 Å². The molecule has 0 spiro atoms. The molecule has 3 aromatic rings. The molecule has 6 rings (SSSR count). The number of ether oxygens (including phenoxy) is 2. The molecule has 1 saturated carbocycles. The topological polar surface area (TPSA) is 123 Å². The predicted octanol–water partition coefficient (Wildman–Crippen LogP) is 2.90. The number of fused-ring (bicyclic) bond motifs is 3.